The summed E-state index contributed by atoms with van der Waals surface area (Å²) >= 11 is 2.41. The predicted octanol–water partition coefficient (Wildman–Crippen LogP) is 4.82. The van der Waals surface area contributed by atoms with Crippen LogP contribution in [0.25, 0.3) is 0 Å². The Hall–Kier alpha value is -0.0905. The van der Waals surface area contributed by atoms with Crippen molar-refractivity contribution < 1.29 is 17.1 Å². The molecule has 1 atom stereocenters. The van der Waals surface area contributed by atoms with Crippen molar-refractivity contribution in [2.75, 3.05) is 13.1 Å². The van der Waals surface area contributed by atoms with Gasteiger partial charge in [-0.1, -0.05) is 43.4 Å². The molecule has 0 aromatic heterocycles. The monoisotopic (exact) mass is 411 g/mol. The topological polar surface area (TPSA) is 3.24 Å². The summed E-state index contributed by atoms with van der Waals surface area (Å²) in [6, 6.07) is 17.1. The SMILES string of the molecule is CCN(CC)[C@H](C)[c-]1cccc1I.[Fe].[cH-]1[cH-][cH-][cH-][cH-]1. The van der Waals surface area contributed by atoms with Crippen LogP contribution in [0, 0.1) is 3.57 Å². The van der Waals surface area contributed by atoms with E-state index < -0.39 is 0 Å². The zero-order chi connectivity index (χ0) is 13.4. The third kappa shape index (κ3) is 6.26. The summed E-state index contributed by atoms with van der Waals surface area (Å²) in [7, 11) is 0. The number of rotatable bonds is 4. The fraction of sp³-hybridized carbons (Fsp3) is 0.375. The molecule has 0 aliphatic carbocycles. The predicted molar refractivity (Wildman–Crippen MR) is 88.1 cm³/mol. The number of halogens is 1. The minimum absolute atomic E-state index is 0. The normalized spacial score (nSPS) is 11.4. The van der Waals surface area contributed by atoms with Crippen LogP contribution in [0.2, 0.25) is 0 Å². The number of hydrogen-bond acceptors (Lipinski definition) is 1. The zero-order valence-corrected chi connectivity index (χ0v) is 15.1. The van der Waals surface area contributed by atoms with Crippen LogP contribution < -0.4 is 0 Å². The van der Waals surface area contributed by atoms with Gasteiger partial charge in [0.05, 0.1) is 0 Å². The molecule has 0 fully saturated rings. The average Bonchev–Trinajstić information content (AvgIpc) is 3.03. The summed E-state index contributed by atoms with van der Waals surface area (Å²) < 4.78 is 1.39. The van der Waals surface area contributed by atoms with Gasteiger partial charge in [-0.25, -0.2) is 12.1 Å². The van der Waals surface area contributed by atoms with Crippen LogP contribution in [0.5, 0.6) is 0 Å². The molecule has 0 saturated heterocycles. The van der Waals surface area contributed by atoms with E-state index in [1.54, 1.807) is 0 Å². The van der Waals surface area contributed by atoms with Crippen molar-refractivity contribution in [3.8, 4) is 0 Å². The maximum absolute atomic E-state index is 2.47. The Morgan fingerprint density at radius 1 is 1.16 bits per heavy atom. The van der Waals surface area contributed by atoms with Crippen molar-refractivity contribution in [3.63, 3.8) is 0 Å². The Bertz CT molecular complexity index is 387. The summed E-state index contributed by atoms with van der Waals surface area (Å²) in [4.78, 5) is 2.47. The van der Waals surface area contributed by atoms with Crippen LogP contribution in [0.1, 0.15) is 32.4 Å². The molecule has 112 valence electrons. The van der Waals surface area contributed by atoms with Crippen molar-refractivity contribution in [1.29, 1.82) is 0 Å². The molecule has 0 amide bonds. The van der Waals surface area contributed by atoms with E-state index in [9.17, 15) is 0 Å². The van der Waals surface area contributed by atoms with E-state index in [4.69, 9.17) is 0 Å². The second kappa shape index (κ2) is 10.7. The largest absolute Gasteiger partial charge is 0.748 e. The second-order valence-corrected chi connectivity index (χ2v) is 5.35. The van der Waals surface area contributed by atoms with Gasteiger partial charge in [-0.3, -0.25) is 0 Å². The Labute approximate surface area is 141 Å². The molecule has 0 spiro atoms. The van der Waals surface area contributed by atoms with Crippen molar-refractivity contribution in [2.45, 2.75) is 26.8 Å². The molecule has 0 saturated carbocycles. The summed E-state index contributed by atoms with van der Waals surface area (Å²) in [6.45, 7) is 8.97. The van der Waals surface area contributed by atoms with E-state index in [1.165, 1.54) is 9.13 Å². The van der Waals surface area contributed by atoms with Gasteiger partial charge in [0.25, 0.3) is 0 Å². The van der Waals surface area contributed by atoms with E-state index in [-0.39, 0.29) is 17.1 Å². The molecule has 2 aromatic rings. The van der Waals surface area contributed by atoms with Crippen LogP contribution in [0.4, 0.5) is 0 Å². The van der Waals surface area contributed by atoms with Crippen LogP contribution in [-0.2, 0) is 17.1 Å². The molecule has 0 aliphatic heterocycles. The quantitative estimate of drug-likeness (QED) is 0.397. The minimum Gasteiger partial charge on any atom is -0.748 e. The number of nitrogens with zero attached hydrogens (tertiary/aromatic N) is 1. The van der Waals surface area contributed by atoms with E-state index >= 15 is 0 Å². The smallest absolute Gasteiger partial charge is 0 e. The molecule has 0 bridgehead atoms. The van der Waals surface area contributed by atoms with Crippen LogP contribution >= 0.6 is 22.6 Å². The Kier molecular flexibility index (Phi) is 10.6. The molecule has 1 nitrogen and oxygen atoms in total. The maximum atomic E-state index is 2.47. The Morgan fingerprint density at radius 3 is 1.95 bits per heavy atom. The van der Waals surface area contributed by atoms with Gasteiger partial charge in [0, 0.05) is 17.1 Å². The molecule has 0 aliphatic rings. The van der Waals surface area contributed by atoms with Crippen molar-refractivity contribution in [2.24, 2.45) is 0 Å². The van der Waals surface area contributed by atoms with E-state index in [0.717, 1.165) is 13.1 Å². The number of hydrogen-bond donors (Lipinski definition) is 0. The third-order valence-electron chi connectivity index (χ3n) is 3.16. The van der Waals surface area contributed by atoms with Crippen LogP contribution in [0.15, 0.2) is 48.5 Å². The van der Waals surface area contributed by atoms with Gasteiger partial charge >= 0.3 is 0 Å². The van der Waals surface area contributed by atoms with Gasteiger partial charge in [-0.05, 0) is 19.1 Å². The molecule has 0 N–H and O–H groups in total. The van der Waals surface area contributed by atoms with Crippen molar-refractivity contribution >= 4 is 22.6 Å². The molecule has 2 aromatic carbocycles. The van der Waals surface area contributed by atoms with Gasteiger partial charge < -0.3 is 35.2 Å². The molecule has 19 heavy (non-hydrogen) atoms. The van der Waals surface area contributed by atoms with Crippen LogP contribution in [-0.4, -0.2) is 18.0 Å². The third-order valence-corrected chi connectivity index (χ3v) is 4.14. The van der Waals surface area contributed by atoms with Crippen molar-refractivity contribution in [3.05, 3.63) is 57.7 Å². The van der Waals surface area contributed by atoms with Gasteiger partial charge in [-0.15, -0.1) is 9.13 Å². The molecule has 0 radical (unpaired) electrons. The van der Waals surface area contributed by atoms with Gasteiger partial charge in [-0.2, -0.15) is 6.07 Å². The molecule has 3 heteroatoms. The van der Waals surface area contributed by atoms with Gasteiger partial charge in [0.2, 0.25) is 0 Å². The van der Waals surface area contributed by atoms with E-state index in [2.05, 4.69) is 66.5 Å². The summed E-state index contributed by atoms with van der Waals surface area (Å²) in [5, 5.41) is 0. The summed E-state index contributed by atoms with van der Waals surface area (Å²) in [5.41, 5.74) is 1.46. The van der Waals surface area contributed by atoms with Gasteiger partial charge in [0.1, 0.15) is 0 Å². The molecular formula is C16H22FeIN-6. The summed E-state index contributed by atoms with van der Waals surface area (Å²) in [6.07, 6.45) is 0. The van der Waals surface area contributed by atoms with Crippen LogP contribution in [0.3, 0.4) is 0 Å². The Morgan fingerprint density at radius 2 is 1.63 bits per heavy atom. The summed E-state index contributed by atoms with van der Waals surface area (Å²) in [5.74, 6) is 0. The van der Waals surface area contributed by atoms with E-state index in [1.807, 2.05) is 30.3 Å². The average molecular weight is 411 g/mol. The fourth-order valence-corrected chi connectivity index (χ4v) is 2.88. The molecule has 0 heterocycles. The molecule has 0 unspecified atom stereocenters. The minimum atomic E-state index is 0. The van der Waals surface area contributed by atoms with Gasteiger partial charge in [0.15, 0.2) is 0 Å². The maximum Gasteiger partial charge on any atom is 0 e. The first-order valence-electron chi connectivity index (χ1n) is 6.52. The first-order valence-corrected chi connectivity index (χ1v) is 7.60. The Balaban J connectivity index is 0.000000454. The second-order valence-electron chi connectivity index (χ2n) is 4.19. The van der Waals surface area contributed by atoms with Crippen molar-refractivity contribution in [1.82, 2.24) is 4.90 Å². The zero-order valence-electron chi connectivity index (χ0n) is 11.8. The fourth-order valence-electron chi connectivity index (χ4n) is 2.04. The first-order chi connectivity index (χ1) is 8.70. The first kappa shape index (κ1) is 18.9. The standard InChI is InChI=1S/C11H17IN.C5H5.Fe/c1-4-13(5-2)9(3)10-7-6-8-11(10)12;1-2-4-5-3-1;/h6-9H,4-5H2,1-3H3;1-5H;/q-1;-5;/t9-;;/m1../s1. The molecule has 2 rings (SSSR count). The van der Waals surface area contributed by atoms with E-state index in [0.29, 0.717) is 6.04 Å². The molecular weight excluding hydrogens is 389 g/mol.